The van der Waals surface area contributed by atoms with Gasteiger partial charge in [-0.3, -0.25) is 4.79 Å². The van der Waals surface area contributed by atoms with Crippen molar-refractivity contribution in [1.82, 2.24) is 15.5 Å². The van der Waals surface area contributed by atoms with Crippen LogP contribution in [0.5, 0.6) is 5.75 Å². The molecule has 2 N–H and O–H groups in total. The number of nitrogens with zero attached hydrogens (tertiary/aromatic N) is 2. The summed E-state index contributed by atoms with van der Waals surface area (Å²) in [4.78, 5) is 19.1. The number of carbonyl (C=O) groups is 1. The Bertz CT molecular complexity index is 889. The molecule has 2 aromatic carbocycles. The number of likely N-dealkylation sites (N-methyl/N-ethyl adjacent to an activating group) is 1. The van der Waals surface area contributed by atoms with Gasteiger partial charge in [0.15, 0.2) is 5.96 Å². The molecule has 1 aliphatic rings. The Morgan fingerprint density at radius 1 is 1.23 bits per heavy atom. The number of hydrogen-bond acceptors (Lipinski definition) is 4. The van der Waals surface area contributed by atoms with Gasteiger partial charge in [0.1, 0.15) is 18.1 Å². The summed E-state index contributed by atoms with van der Waals surface area (Å²) >= 11 is 1.69. The minimum atomic E-state index is -0.222. The molecule has 0 bridgehead atoms. The molecule has 0 radical (unpaired) electrons. The molecule has 0 fully saturated rings. The molecule has 8 heteroatoms. The number of guanidine groups is 1. The van der Waals surface area contributed by atoms with Crippen LogP contribution in [0.1, 0.15) is 24.4 Å². The van der Waals surface area contributed by atoms with Crippen molar-refractivity contribution in [2.75, 3.05) is 39.5 Å². The number of carbonyl (C=O) groups excluding carboxylic acids is 1. The van der Waals surface area contributed by atoms with Gasteiger partial charge >= 0.3 is 0 Å². The monoisotopic (exact) mass is 444 g/mol. The molecule has 1 amide bonds. The minimum absolute atomic E-state index is 0.0552. The summed E-state index contributed by atoms with van der Waals surface area (Å²) in [6.45, 7) is 1.42. The number of nitrogens with one attached hydrogen (secondary N) is 2. The number of benzene rings is 2. The molecule has 2 aromatic rings. The Morgan fingerprint density at radius 2 is 2.00 bits per heavy atom. The van der Waals surface area contributed by atoms with Crippen LogP contribution in [-0.2, 0) is 4.79 Å². The van der Waals surface area contributed by atoms with Crippen LogP contribution in [0.2, 0.25) is 0 Å². The standard InChI is InChI=1S/C23H29FN4O2S/c1-28(2)22(29)16-26-23(25-13-5-15-31-18-10-8-17(24)9-11-18)27-20-12-14-30-21-7-4-3-6-19(20)21/h3-4,6-11,20H,5,12-16H2,1-2H3,(H2,25,26,27). The van der Waals surface area contributed by atoms with Crippen LogP contribution < -0.4 is 15.4 Å². The van der Waals surface area contributed by atoms with Crippen LogP contribution in [0.4, 0.5) is 4.39 Å². The van der Waals surface area contributed by atoms with E-state index in [1.54, 1.807) is 38.0 Å². The van der Waals surface area contributed by atoms with E-state index in [4.69, 9.17) is 4.74 Å². The highest BCUT2D eigenvalue weighted by molar-refractivity contribution is 7.99. The lowest BCUT2D eigenvalue weighted by molar-refractivity contribution is -0.127. The molecular formula is C23H29FN4O2S. The van der Waals surface area contributed by atoms with Gasteiger partial charge in [-0.1, -0.05) is 18.2 Å². The van der Waals surface area contributed by atoms with Crippen LogP contribution in [0.15, 0.2) is 58.4 Å². The zero-order valence-corrected chi connectivity index (χ0v) is 18.8. The number of aliphatic imine (C=N–C) groups is 1. The third-order valence-corrected chi connectivity index (χ3v) is 5.93. The van der Waals surface area contributed by atoms with Gasteiger partial charge in [-0.25, -0.2) is 9.38 Å². The van der Waals surface area contributed by atoms with Crippen molar-refractivity contribution in [3.05, 3.63) is 59.9 Å². The van der Waals surface area contributed by atoms with E-state index in [0.717, 1.165) is 34.8 Å². The van der Waals surface area contributed by atoms with E-state index in [1.165, 1.54) is 17.0 Å². The fourth-order valence-electron chi connectivity index (χ4n) is 3.10. The molecule has 0 aromatic heterocycles. The Kier molecular flexibility index (Phi) is 8.58. The fourth-order valence-corrected chi connectivity index (χ4v) is 3.95. The first kappa shape index (κ1) is 22.9. The van der Waals surface area contributed by atoms with Crippen molar-refractivity contribution in [1.29, 1.82) is 0 Å². The smallest absolute Gasteiger partial charge is 0.243 e. The SMILES string of the molecule is CN(C)C(=O)CN=C(NCCCSc1ccc(F)cc1)NC1CCOc2ccccc21. The molecule has 1 aliphatic heterocycles. The maximum absolute atomic E-state index is 13.0. The number of ether oxygens (including phenoxy) is 1. The third-order valence-electron chi connectivity index (χ3n) is 4.84. The molecule has 3 rings (SSSR count). The molecule has 1 unspecified atom stereocenters. The Morgan fingerprint density at radius 3 is 2.77 bits per heavy atom. The normalized spacial score (nSPS) is 15.6. The molecule has 0 saturated heterocycles. The third kappa shape index (κ3) is 7.17. The van der Waals surface area contributed by atoms with Crippen LogP contribution in [0.25, 0.3) is 0 Å². The summed E-state index contributed by atoms with van der Waals surface area (Å²) in [7, 11) is 3.44. The second-order valence-electron chi connectivity index (χ2n) is 7.41. The van der Waals surface area contributed by atoms with Gasteiger partial charge in [0.25, 0.3) is 0 Å². The number of rotatable bonds is 8. The van der Waals surface area contributed by atoms with Crippen LogP contribution in [0, 0.1) is 5.82 Å². The summed E-state index contributed by atoms with van der Waals surface area (Å²) in [5.41, 5.74) is 1.09. The van der Waals surface area contributed by atoms with E-state index in [9.17, 15) is 9.18 Å². The predicted molar refractivity (Wildman–Crippen MR) is 123 cm³/mol. The average Bonchev–Trinajstić information content (AvgIpc) is 2.78. The highest BCUT2D eigenvalue weighted by Crippen LogP contribution is 2.31. The lowest BCUT2D eigenvalue weighted by Crippen LogP contribution is -2.42. The maximum Gasteiger partial charge on any atom is 0.243 e. The summed E-state index contributed by atoms with van der Waals surface area (Å²) in [6.07, 6.45) is 1.72. The number of halogens is 1. The first-order valence-corrected chi connectivity index (χ1v) is 11.4. The van der Waals surface area contributed by atoms with Crippen molar-refractivity contribution >= 4 is 23.6 Å². The number of hydrogen-bond donors (Lipinski definition) is 2. The van der Waals surface area contributed by atoms with Gasteiger partial charge in [0.05, 0.1) is 12.6 Å². The molecule has 0 spiro atoms. The van der Waals surface area contributed by atoms with Crippen LogP contribution >= 0.6 is 11.8 Å². The van der Waals surface area contributed by atoms with Crippen LogP contribution in [0.3, 0.4) is 0 Å². The van der Waals surface area contributed by atoms with Crippen LogP contribution in [-0.4, -0.2) is 56.3 Å². The number of para-hydroxylation sites is 1. The second kappa shape index (κ2) is 11.6. The fraction of sp³-hybridized carbons (Fsp3) is 0.391. The molecule has 31 heavy (non-hydrogen) atoms. The first-order chi connectivity index (χ1) is 15.0. The van der Waals surface area contributed by atoms with E-state index in [0.29, 0.717) is 19.1 Å². The highest BCUT2D eigenvalue weighted by atomic mass is 32.2. The molecule has 0 saturated carbocycles. The molecule has 6 nitrogen and oxygen atoms in total. The quantitative estimate of drug-likeness (QED) is 0.283. The zero-order valence-electron chi connectivity index (χ0n) is 17.9. The number of amides is 1. The molecular weight excluding hydrogens is 415 g/mol. The average molecular weight is 445 g/mol. The largest absolute Gasteiger partial charge is 0.493 e. The summed E-state index contributed by atoms with van der Waals surface area (Å²) < 4.78 is 18.7. The molecule has 1 heterocycles. The van der Waals surface area contributed by atoms with E-state index in [1.807, 2.05) is 24.3 Å². The van der Waals surface area contributed by atoms with Crippen molar-refractivity contribution in [3.8, 4) is 5.75 Å². The maximum atomic E-state index is 13.0. The van der Waals surface area contributed by atoms with E-state index >= 15 is 0 Å². The van der Waals surface area contributed by atoms with E-state index in [-0.39, 0.29) is 24.3 Å². The van der Waals surface area contributed by atoms with Crippen molar-refractivity contribution in [3.63, 3.8) is 0 Å². The Labute approximate surface area is 187 Å². The summed E-state index contributed by atoms with van der Waals surface area (Å²) in [6, 6.07) is 14.6. The van der Waals surface area contributed by atoms with Gasteiger partial charge in [-0.2, -0.15) is 0 Å². The van der Waals surface area contributed by atoms with Gasteiger partial charge < -0.3 is 20.3 Å². The summed E-state index contributed by atoms with van der Waals surface area (Å²) in [5, 5.41) is 6.80. The Balaban J connectivity index is 1.56. The van der Waals surface area contributed by atoms with Crippen molar-refractivity contribution < 1.29 is 13.9 Å². The molecule has 1 atom stereocenters. The number of fused-ring (bicyclic) bond motifs is 1. The summed E-state index contributed by atoms with van der Waals surface area (Å²) in [5.74, 6) is 2.11. The molecule has 0 aliphatic carbocycles. The highest BCUT2D eigenvalue weighted by Gasteiger charge is 2.22. The zero-order chi connectivity index (χ0) is 22.1. The van der Waals surface area contributed by atoms with Gasteiger partial charge in [0, 0.05) is 37.5 Å². The topological polar surface area (TPSA) is 66.0 Å². The van der Waals surface area contributed by atoms with E-state index < -0.39 is 0 Å². The lowest BCUT2D eigenvalue weighted by atomic mass is 10.0. The lowest BCUT2D eigenvalue weighted by Gasteiger charge is -2.28. The minimum Gasteiger partial charge on any atom is -0.493 e. The van der Waals surface area contributed by atoms with Gasteiger partial charge in [-0.15, -0.1) is 11.8 Å². The second-order valence-corrected chi connectivity index (χ2v) is 8.58. The van der Waals surface area contributed by atoms with Crippen molar-refractivity contribution in [2.24, 2.45) is 4.99 Å². The van der Waals surface area contributed by atoms with Crippen molar-refractivity contribution in [2.45, 2.75) is 23.8 Å². The van der Waals surface area contributed by atoms with Gasteiger partial charge in [0.2, 0.25) is 5.91 Å². The Hall–Kier alpha value is -2.74. The first-order valence-electron chi connectivity index (χ1n) is 10.4. The predicted octanol–water partition coefficient (Wildman–Crippen LogP) is 3.46. The van der Waals surface area contributed by atoms with Gasteiger partial charge in [-0.05, 0) is 42.5 Å². The molecule has 166 valence electrons. The number of thioether (sulfide) groups is 1. The van der Waals surface area contributed by atoms with E-state index in [2.05, 4.69) is 15.6 Å².